The Morgan fingerprint density at radius 3 is 2.89 bits per heavy atom. The Kier molecular flexibility index (Phi) is 4.90. The number of likely N-dealkylation sites (tertiary alicyclic amines) is 1. The van der Waals surface area contributed by atoms with Gasteiger partial charge in [0.15, 0.2) is 5.76 Å². The van der Waals surface area contributed by atoms with E-state index < -0.39 is 0 Å². The molecule has 1 amide bonds. The maximum atomic E-state index is 14.0. The van der Waals surface area contributed by atoms with Gasteiger partial charge in [-0.15, -0.1) is 0 Å². The average molecular weight is 380 g/mol. The van der Waals surface area contributed by atoms with E-state index in [2.05, 4.69) is 15.1 Å². The maximum absolute atomic E-state index is 14.0. The van der Waals surface area contributed by atoms with Crippen molar-refractivity contribution in [3.8, 4) is 11.3 Å². The van der Waals surface area contributed by atoms with Crippen molar-refractivity contribution < 1.29 is 13.7 Å². The number of benzene rings is 1. The van der Waals surface area contributed by atoms with Gasteiger partial charge in [0, 0.05) is 18.8 Å². The molecule has 0 aliphatic carbocycles. The van der Waals surface area contributed by atoms with Gasteiger partial charge in [0.25, 0.3) is 0 Å². The van der Waals surface area contributed by atoms with Crippen molar-refractivity contribution in [2.45, 2.75) is 39.2 Å². The fourth-order valence-corrected chi connectivity index (χ4v) is 3.68. The van der Waals surface area contributed by atoms with E-state index in [9.17, 15) is 9.18 Å². The zero-order valence-electron chi connectivity index (χ0n) is 15.9. The largest absolute Gasteiger partial charge is 0.356 e. The van der Waals surface area contributed by atoms with Crippen LogP contribution < -0.4 is 0 Å². The summed E-state index contributed by atoms with van der Waals surface area (Å²) < 4.78 is 19.4. The van der Waals surface area contributed by atoms with Crippen molar-refractivity contribution in [3.63, 3.8) is 0 Å². The molecule has 3 heterocycles. The Morgan fingerprint density at radius 2 is 2.14 bits per heavy atom. The number of carbonyl (C=O) groups is 1. The van der Waals surface area contributed by atoms with Crippen LogP contribution in [0.5, 0.6) is 0 Å². The summed E-state index contributed by atoms with van der Waals surface area (Å²) in [5.41, 5.74) is 2.66. The van der Waals surface area contributed by atoms with Crippen LogP contribution in [0.3, 0.4) is 0 Å². The minimum atomic E-state index is -0.359. The van der Waals surface area contributed by atoms with Crippen molar-refractivity contribution in [2.75, 3.05) is 6.54 Å². The normalized spacial score (nSPS) is 16.5. The molecule has 1 atom stereocenters. The lowest BCUT2D eigenvalue weighted by atomic mass is 10.0. The third-order valence-corrected chi connectivity index (χ3v) is 5.02. The molecule has 7 heteroatoms. The first-order valence-corrected chi connectivity index (χ1v) is 9.33. The molecular weight excluding hydrogens is 359 g/mol. The SMILES string of the molecule is Cc1cc(-c2cnc(C)nc2C2CCCN2C(=O)Cc2ccccc2F)on1. The molecule has 0 spiro atoms. The number of rotatable bonds is 4. The lowest BCUT2D eigenvalue weighted by molar-refractivity contribution is -0.131. The van der Waals surface area contributed by atoms with Crippen molar-refractivity contribution in [2.24, 2.45) is 0 Å². The van der Waals surface area contributed by atoms with Gasteiger partial charge in [-0.3, -0.25) is 4.79 Å². The van der Waals surface area contributed by atoms with Crippen LogP contribution in [0.15, 0.2) is 41.1 Å². The molecular formula is C21H21FN4O2. The van der Waals surface area contributed by atoms with Gasteiger partial charge < -0.3 is 9.42 Å². The van der Waals surface area contributed by atoms with E-state index in [1.54, 1.807) is 29.3 Å². The standard InChI is InChI=1S/C21H21FN4O2/c1-13-10-19(28-25-13)16-12-23-14(2)24-21(16)18-8-5-9-26(18)20(27)11-15-6-3-4-7-17(15)22/h3-4,6-7,10,12,18H,5,8-9,11H2,1-2H3. The minimum absolute atomic E-state index is 0.0317. The van der Waals surface area contributed by atoms with E-state index in [1.165, 1.54) is 6.07 Å². The molecule has 1 aromatic carbocycles. The predicted molar refractivity (Wildman–Crippen MR) is 101 cm³/mol. The van der Waals surface area contributed by atoms with Crippen molar-refractivity contribution in [1.29, 1.82) is 0 Å². The summed E-state index contributed by atoms with van der Waals surface area (Å²) in [7, 11) is 0. The minimum Gasteiger partial charge on any atom is -0.356 e. The highest BCUT2D eigenvalue weighted by Crippen LogP contribution is 2.37. The van der Waals surface area contributed by atoms with Crippen LogP contribution in [0.1, 0.15) is 41.7 Å². The molecule has 4 rings (SSSR count). The summed E-state index contributed by atoms with van der Waals surface area (Å²) in [5, 5.41) is 3.95. The third kappa shape index (κ3) is 3.52. The second-order valence-electron chi connectivity index (χ2n) is 7.06. The Bertz CT molecular complexity index is 1020. The first-order valence-electron chi connectivity index (χ1n) is 9.33. The predicted octanol–water partition coefficient (Wildman–Crippen LogP) is 3.79. The van der Waals surface area contributed by atoms with Gasteiger partial charge in [-0.1, -0.05) is 23.4 Å². The van der Waals surface area contributed by atoms with Crippen LogP contribution in [0.2, 0.25) is 0 Å². The zero-order valence-corrected chi connectivity index (χ0v) is 15.9. The van der Waals surface area contributed by atoms with E-state index in [1.807, 2.05) is 19.9 Å². The average Bonchev–Trinajstić information content (AvgIpc) is 3.32. The Morgan fingerprint density at radius 1 is 1.32 bits per heavy atom. The first kappa shape index (κ1) is 18.3. The molecule has 144 valence electrons. The molecule has 1 aliphatic rings. The van der Waals surface area contributed by atoms with Crippen molar-refractivity contribution in [3.05, 3.63) is 65.1 Å². The maximum Gasteiger partial charge on any atom is 0.227 e. The number of carbonyl (C=O) groups excluding carboxylic acids is 1. The van der Waals surface area contributed by atoms with E-state index in [-0.39, 0.29) is 24.2 Å². The third-order valence-electron chi connectivity index (χ3n) is 5.02. The number of aryl methyl sites for hydroxylation is 2. The molecule has 6 nitrogen and oxygen atoms in total. The molecule has 1 fully saturated rings. The number of aromatic nitrogens is 3. The monoisotopic (exact) mass is 380 g/mol. The summed E-state index contributed by atoms with van der Waals surface area (Å²) in [6.45, 7) is 4.29. The molecule has 3 aromatic rings. The zero-order chi connectivity index (χ0) is 19.7. The van der Waals surface area contributed by atoms with Crippen molar-refractivity contribution >= 4 is 5.91 Å². The van der Waals surface area contributed by atoms with Crippen LogP contribution in [-0.4, -0.2) is 32.5 Å². The van der Waals surface area contributed by atoms with Gasteiger partial charge in [0.05, 0.1) is 29.4 Å². The molecule has 0 N–H and O–H groups in total. The van der Waals surface area contributed by atoms with Gasteiger partial charge in [-0.05, 0) is 38.3 Å². The van der Waals surface area contributed by atoms with Gasteiger partial charge in [-0.2, -0.15) is 0 Å². The molecule has 28 heavy (non-hydrogen) atoms. The molecule has 0 bridgehead atoms. The van der Waals surface area contributed by atoms with E-state index in [4.69, 9.17) is 4.52 Å². The quantitative estimate of drug-likeness (QED) is 0.689. The van der Waals surface area contributed by atoms with Crippen LogP contribution >= 0.6 is 0 Å². The van der Waals surface area contributed by atoms with Crippen molar-refractivity contribution in [1.82, 2.24) is 20.0 Å². The summed E-state index contributed by atoms with van der Waals surface area (Å²) in [6.07, 6.45) is 3.41. The first-order chi connectivity index (χ1) is 13.5. The summed E-state index contributed by atoms with van der Waals surface area (Å²) >= 11 is 0. The fourth-order valence-electron chi connectivity index (χ4n) is 3.68. The summed E-state index contributed by atoms with van der Waals surface area (Å²) in [5.74, 6) is 0.746. The highest BCUT2D eigenvalue weighted by Gasteiger charge is 2.33. The number of amides is 1. The van der Waals surface area contributed by atoms with Gasteiger partial charge in [0.1, 0.15) is 11.6 Å². The van der Waals surface area contributed by atoms with Gasteiger partial charge in [0.2, 0.25) is 5.91 Å². The van der Waals surface area contributed by atoms with E-state index >= 15 is 0 Å². The lowest BCUT2D eigenvalue weighted by Crippen LogP contribution is -2.32. The Labute approximate surface area is 162 Å². The van der Waals surface area contributed by atoms with Crippen LogP contribution in [0, 0.1) is 19.7 Å². The number of nitrogens with zero attached hydrogens (tertiary/aromatic N) is 4. The second-order valence-corrected chi connectivity index (χ2v) is 7.06. The van der Waals surface area contributed by atoms with E-state index in [0.717, 1.165) is 29.8 Å². The lowest BCUT2D eigenvalue weighted by Gasteiger charge is -2.26. The second kappa shape index (κ2) is 7.50. The van der Waals surface area contributed by atoms with Gasteiger partial charge >= 0.3 is 0 Å². The van der Waals surface area contributed by atoms with Crippen LogP contribution in [0.25, 0.3) is 11.3 Å². The topological polar surface area (TPSA) is 72.1 Å². The number of hydrogen-bond acceptors (Lipinski definition) is 5. The number of halogens is 1. The highest BCUT2D eigenvalue weighted by molar-refractivity contribution is 5.80. The van der Waals surface area contributed by atoms with E-state index in [0.29, 0.717) is 23.7 Å². The number of hydrogen-bond donors (Lipinski definition) is 0. The smallest absolute Gasteiger partial charge is 0.227 e. The highest BCUT2D eigenvalue weighted by atomic mass is 19.1. The van der Waals surface area contributed by atoms with Gasteiger partial charge in [-0.25, -0.2) is 14.4 Å². The summed E-state index contributed by atoms with van der Waals surface area (Å²) in [6, 6.07) is 8.03. The van der Waals surface area contributed by atoms with Crippen LogP contribution in [-0.2, 0) is 11.2 Å². The molecule has 2 aromatic heterocycles. The summed E-state index contributed by atoms with van der Waals surface area (Å²) in [4.78, 5) is 23.7. The Hall–Kier alpha value is -3.09. The van der Waals surface area contributed by atoms with Crippen LogP contribution in [0.4, 0.5) is 4.39 Å². The Balaban J connectivity index is 1.66. The fraction of sp³-hybridized carbons (Fsp3) is 0.333. The molecule has 0 radical (unpaired) electrons. The molecule has 0 saturated carbocycles. The molecule has 1 unspecified atom stereocenters. The molecule has 1 saturated heterocycles. The molecule has 1 aliphatic heterocycles.